The second-order valence-electron chi connectivity index (χ2n) is 6.81. The number of anilines is 1. The third-order valence-electron chi connectivity index (χ3n) is 4.36. The Morgan fingerprint density at radius 3 is 2.67 bits per heavy atom. The second kappa shape index (κ2) is 9.19. The quantitative estimate of drug-likeness (QED) is 0.419. The maximum Gasteiger partial charge on any atom is 0.258 e. The Morgan fingerprint density at radius 1 is 1.13 bits per heavy atom. The van der Waals surface area contributed by atoms with Crippen LogP contribution in [-0.4, -0.2) is 31.1 Å². The number of thioether (sulfide) groups is 1. The van der Waals surface area contributed by atoms with Gasteiger partial charge in [-0.15, -0.1) is 28.2 Å². The molecule has 1 amide bonds. The van der Waals surface area contributed by atoms with E-state index in [4.69, 9.17) is 0 Å². The number of amides is 1. The number of benzene rings is 2. The third-order valence-corrected chi connectivity index (χ3v) is 6.20. The molecule has 4 aromatic rings. The molecule has 0 fully saturated rings. The SMILES string of the molecule is CC(C)c1csc(NC(=O)c2ccccc2SCc2nnnn2-c2ccccc2)n1. The van der Waals surface area contributed by atoms with Gasteiger partial charge in [0.05, 0.1) is 22.7 Å². The molecule has 0 spiro atoms. The van der Waals surface area contributed by atoms with Crippen LogP contribution in [0, 0.1) is 0 Å². The van der Waals surface area contributed by atoms with Crippen molar-refractivity contribution in [3.63, 3.8) is 0 Å². The molecule has 30 heavy (non-hydrogen) atoms. The van der Waals surface area contributed by atoms with E-state index in [0.29, 0.717) is 28.2 Å². The third kappa shape index (κ3) is 4.58. The maximum absolute atomic E-state index is 12.9. The number of nitrogens with zero attached hydrogens (tertiary/aromatic N) is 5. The van der Waals surface area contributed by atoms with E-state index in [1.807, 2.05) is 60.0 Å². The van der Waals surface area contributed by atoms with Crippen molar-refractivity contribution in [2.75, 3.05) is 5.32 Å². The zero-order valence-electron chi connectivity index (χ0n) is 16.5. The van der Waals surface area contributed by atoms with Gasteiger partial charge in [-0.1, -0.05) is 44.2 Å². The zero-order chi connectivity index (χ0) is 20.9. The summed E-state index contributed by atoms with van der Waals surface area (Å²) in [5.41, 5.74) is 2.47. The van der Waals surface area contributed by atoms with E-state index in [1.165, 1.54) is 23.1 Å². The molecule has 7 nitrogen and oxygen atoms in total. The lowest BCUT2D eigenvalue weighted by atomic mass is 10.2. The summed E-state index contributed by atoms with van der Waals surface area (Å²) < 4.78 is 1.71. The molecule has 2 aromatic heterocycles. The topological polar surface area (TPSA) is 85.6 Å². The standard InChI is InChI=1S/C21H20N6OS2/c1-14(2)17-12-30-21(22-17)23-20(28)16-10-6-7-11-18(16)29-13-19-24-25-26-27(19)15-8-4-3-5-9-15/h3-12,14H,13H2,1-2H3,(H,22,23,28). The van der Waals surface area contributed by atoms with Crippen molar-refractivity contribution in [2.45, 2.75) is 30.4 Å². The molecule has 4 rings (SSSR count). The average Bonchev–Trinajstić information content (AvgIpc) is 3.43. The summed E-state index contributed by atoms with van der Waals surface area (Å²) in [6, 6.07) is 17.2. The number of thiazole rings is 1. The summed E-state index contributed by atoms with van der Waals surface area (Å²) in [7, 11) is 0. The molecule has 1 N–H and O–H groups in total. The van der Waals surface area contributed by atoms with Crippen LogP contribution in [-0.2, 0) is 5.75 Å². The summed E-state index contributed by atoms with van der Waals surface area (Å²) >= 11 is 2.96. The summed E-state index contributed by atoms with van der Waals surface area (Å²) in [6.07, 6.45) is 0. The Kier molecular flexibility index (Phi) is 6.20. The summed E-state index contributed by atoms with van der Waals surface area (Å²) in [5, 5.41) is 17.5. The van der Waals surface area contributed by atoms with Gasteiger partial charge in [-0.2, -0.15) is 4.68 Å². The van der Waals surface area contributed by atoms with Crippen LogP contribution >= 0.6 is 23.1 Å². The molecule has 0 unspecified atom stereocenters. The second-order valence-corrected chi connectivity index (χ2v) is 8.69. The van der Waals surface area contributed by atoms with Crippen LogP contribution in [0.15, 0.2) is 64.9 Å². The Bertz CT molecular complexity index is 1140. The molecule has 0 atom stereocenters. The maximum atomic E-state index is 12.9. The van der Waals surface area contributed by atoms with E-state index in [2.05, 4.69) is 39.7 Å². The predicted molar refractivity (Wildman–Crippen MR) is 119 cm³/mol. The van der Waals surface area contributed by atoms with Crippen LogP contribution < -0.4 is 5.32 Å². The van der Waals surface area contributed by atoms with Crippen molar-refractivity contribution >= 4 is 34.1 Å². The number of carbonyl (C=O) groups is 1. The molecule has 0 aliphatic carbocycles. The van der Waals surface area contributed by atoms with Gasteiger partial charge in [0.2, 0.25) is 0 Å². The smallest absolute Gasteiger partial charge is 0.258 e. The lowest BCUT2D eigenvalue weighted by Crippen LogP contribution is -2.13. The highest BCUT2D eigenvalue weighted by atomic mass is 32.2. The van der Waals surface area contributed by atoms with Crippen LogP contribution in [0.3, 0.4) is 0 Å². The minimum absolute atomic E-state index is 0.176. The van der Waals surface area contributed by atoms with Gasteiger partial charge in [-0.25, -0.2) is 4.98 Å². The number of tetrazole rings is 1. The fraction of sp³-hybridized carbons (Fsp3) is 0.190. The van der Waals surface area contributed by atoms with Crippen LogP contribution in [0.25, 0.3) is 5.69 Å². The minimum atomic E-state index is -0.176. The predicted octanol–water partition coefficient (Wildman–Crippen LogP) is 4.79. The normalized spacial score (nSPS) is 11.0. The molecule has 0 aliphatic heterocycles. The monoisotopic (exact) mass is 436 g/mol. The van der Waals surface area contributed by atoms with Crippen molar-refractivity contribution < 1.29 is 4.79 Å². The number of para-hydroxylation sites is 1. The Morgan fingerprint density at radius 2 is 1.90 bits per heavy atom. The molecule has 0 bridgehead atoms. The van der Waals surface area contributed by atoms with Crippen molar-refractivity contribution in [3.05, 3.63) is 77.1 Å². The highest BCUT2D eigenvalue weighted by Gasteiger charge is 2.16. The zero-order valence-corrected chi connectivity index (χ0v) is 18.2. The van der Waals surface area contributed by atoms with Gasteiger partial charge in [-0.3, -0.25) is 10.1 Å². The summed E-state index contributed by atoms with van der Waals surface area (Å²) in [5.74, 6) is 1.39. The van der Waals surface area contributed by atoms with Crippen LogP contribution in [0.4, 0.5) is 5.13 Å². The number of aromatic nitrogens is 5. The molecule has 0 radical (unpaired) electrons. The van der Waals surface area contributed by atoms with E-state index < -0.39 is 0 Å². The molecule has 2 aromatic carbocycles. The molecular formula is C21H20N6OS2. The van der Waals surface area contributed by atoms with Crippen molar-refractivity contribution in [2.24, 2.45) is 0 Å². The Hall–Kier alpha value is -3.04. The number of carbonyl (C=O) groups excluding carboxylic acids is 1. The first kappa shape index (κ1) is 20.2. The van der Waals surface area contributed by atoms with Gasteiger partial charge >= 0.3 is 0 Å². The number of hydrogen-bond acceptors (Lipinski definition) is 7. The van der Waals surface area contributed by atoms with Gasteiger partial charge in [-0.05, 0) is 40.6 Å². The molecule has 9 heteroatoms. The lowest BCUT2D eigenvalue weighted by molar-refractivity contribution is 0.102. The first-order valence-electron chi connectivity index (χ1n) is 9.43. The van der Waals surface area contributed by atoms with E-state index in [1.54, 1.807) is 4.68 Å². The first-order valence-corrected chi connectivity index (χ1v) is 11.3. The fourth-order valence-electron chi connectivity index (χ4n) is 2.76. The lowest BCUT2D eigenvalue weighted by Gasteiger charge is -2.09. The Labute approximate surface area is 182 Å². The highest BCUT2D eigenvalue weighted by Crippen LogP contribution is 2.28. The van der Waals surface area contributed by atoms with E-state index in [-0.39, 0.29) is 5.91 Å². The summed E-state index contributed by atoms with van der Waals surface area (Å²) in [4.78, 5) is 18.2. The van der Waals surface area contributed by atoms with Crippen molar-refractivity contribution in [1.82, 2.24) is 25.2 Å². The number of hydrogen-bond donors (Lipinski definition) is 1. The van der Waals surface area contributed by atoms with Gasteiger partial charge in [0, 0.05) is 10.3 Å². The van der Waals surface area contributed by atoms with Crippen LogP contribution in [0.2, 0.25) is 0 Å². The average molecular weight is 437 g/mol. The minimum Gasteiger partial charge on any atom is -0.298 e. The molecule has 2 heterocycles. The summed E-state index contributed by atoms with van der Waals surface area (Å²) in [6.45, 7) is 4.16. The van der Waals surface area contributed by atoms with E-state index in [9.17, 15) is 4.79 Å². The van der Waals surface area contributed by atoms with Crippen molar-refractivity contribution in [3.8, 4) is 5.69 Å². The van der Waals surface area contributed by atoms with E-state index in [0.717, 1.165) is 16.3 Å². The van der Waals surface area contributed by atoms with Gasteiger partial charge in [0.25, 0.3) is 5.91 Å². The Balaban J connectivity index is 1.49. The highest BCUT2D eigenvalue weighted by molar-refractivity contribution is 7.98. The number of nitrogens with one attached hydrogen (secondary N) is 1. The van der Waals surface area contributed by atoms with Crippen LogP contribution in [0.1, 0.15) is 41.6 Å². The first-order chi connectivity index (χ1) is 14.6. The molecule has 152 valence electrons. The molecule has 0 saturated carbocycles. The van der Waals surface area contributed by atoms with Gasteiger partial charge in [0.1, 0.15) is 0 Å². The van der Waals surface area contributed by atoms with E-state index >= 15 is 0 Å². The van der Waals surface area contributed by atoms with Gasteiger partial charge in [0.15, 0.2) is 11.0 Å². The fourth-order valence-corrected chi connectivity index (χ4v) is 4.58. The van der Waals surface area contributed by atoms with Crippen molar-refractivity contribution in [1.29, 1.82) is 0 Å². The number of rotatable bonds is 7. The molecule has 0 saturated heterocycles. The molecule has 0 aliphatic rings. The van der Waals surface area contributed by atoms with Gasteiger partial charge < -0.3 is 0 Å². The van der Waals surface area contributed by atoms with Crippen LogP contribution in [0.5, 0.6) is 0 Å². The molecular weight excluding hydrogens is 416 g/mol. The largest absolute Gasteiger partial charge is 0.298 e.